The first-order chi connectivity index (χ1) is 11.5. The highest BCUT2D eigenvalue weighted by Crippen LogP contribution is 2.14. The molecule has 0 radical (unpaired) electrons. The van der Waals surface area contributed by atoms with Crippen LogP contribution in [-0.4, -0.2) is 19.1 Å². The van der Waals surface area contributed by atoms with Crippen LogP contribution in [0.5, 0.6) is 0 Å². The van der Waals surface area contributed by atoms with E-state index in [1.54, 1.807) is 6.08 Å². The summed E-state index contributed by atoms with van der Waals surface area (Å²) in [6.45, 7) is 5.66. The fourth-order valence-electron chi connectivity index (χ4n) is 2.54. The second-order valence-corrected chi connectivity index (χ2v) is 5.70. The quantitative estimate of drug-likeness (QED) is 0.538. The number of allylic oxidation sites excluding steroid dienone is 1. The number of hydrogen-bond acceptors (Lipinski definition) is 4. The van der Waals surface area contributed by atoms with Crippen molar-refractivity contribution in [3.63, 3.8) is 0 Å². The maximum Gasteiger partial charge on any atom is 0.332 e. The molecular weight excluding hydrogens is 328 g/mol. The zero-order valence-corrected chi connectivity index (χ0v) is 13.8. The van der Waals surface area contributed by atoms with E-state index in [0.717, 1.165) is 21.2 Å². The Bertz CT molecular complexity index is 1050. The number of benzene rings is 1. The molecule has 0 aliphatic heterocycles. The number of aromatic nitrogens is 4. The Labute approximate surface area is 142 Å². The molecule has 0 unspecified atom stereocenters. The van der Waals surface area contributed by atoms with Gasteiger partial charge in [-0.1, -0.05) is 35.9 Å². The minimum Gasteiger partial charge on any atom is -0.280 e. The maximum absolute atomic E-state index is 12.5. The molecule has 2 aromatic heterocycles. The van der Waals surface area contributed by atoms with Crippen LogP contribution in [0.2, 0.25) is 5.15 Å². The average molecular weight is 343 g/mol. The third-order valence-electron chi connectivity index (χ3n) is 3.68. The smallest absolute Gasteiger partial charge is 0.280 e. The second-order valence-electron chi connectivity index (χ2n) is 5.32. The van der Waals surface area contributed by atoms with Gasteiger partial charge >= 0.3 is 5.69 Å². The Morgan fingerprint density at radius 2 is 1.96 bits per heavy atom. The lowest BCUT2D eigenvalue weighted by Gasteiger charge is -2.11. The Hall–Kier alpha value is -2.73. The van der Waals surface area contributed by atoms with Gasteiger partial charge in [-0.05, 0) is 13.0 Å². The van der Waals surface area contributed by atoms with Crippen molar-refractivity contribution in [2.45, 2.75) is 20.0 Å². The zero-order valence-electron chi connectivity index (χ0n) is 13.1. The van der Waals surface area contributed by atoms with Crippen molar-refractivity contribution in [3.05, 3.63) is 80.5 Å². The molecule has 1 aromatic carbocycles. The van der Waals surface area contributed by atoms with E-state index >= 15 is 0 Å². The van der Waals surface area contributed by atoms with Crippen molar-refractivity contribution >= 4 is 22.5 Å². The number of hydrogen-bond donors (Lipinski definition) is 0. The molecule has 3 aromatic rings. The lowest BCUT2D eigenvalue weighted by Crippen LogP contribution is -2.40. The summed E-state index contributed by atoms with van der Waals surface area (Å²) in [6.07, 6.45) is 1.54. The molecule has 2 heterocycles. The molecule has 0 fully saturated rings. The standard InChI is InChI=1S/C17H15ClN4O2/c1-3-8-21-14(18)9-16(23)22(17(21)24)10-15-19-11(2)12-6-4-5-7-13(12)20-15/h3-7,9H,1,8,10H2,2H3. The molecule has 0 aliphatic rings. The van der Waals surface area contributed by atoms with Crippen molar-refractivity contribution in [1.29, 1.82) is 0 Å². The van der Waals surface area contributed by atoms with Crippen molar-refractivity contribution in [2.24, 2.45) is 0 Å². The largest absolute Gasteiger partial charge is 0.332 e. The number of rotatable bonds is 4. The summed E-state index contributed by atoms with van der Waals surface area (Å²) in [4.78, 5) is 33.5. The van der Waals surface area contributed by atoms with Crippen LogP contribution in [0.3, 0.4) is 0 Å². The van der Waals surface area contributed by atoms with Crippen LogP contribution in [0.25, 0.3) is 10.9 Å². The van der Waals surface area contributed by atoms with Gasteiger partial charge in [-0.2, -0.15) is 0 Å². The molecule has 0 saturated carbocycles. The predicted molar refractivity (Wildman–Crippen MR) is 93.5 cm³/mol. The highest BCUT2D eigenvalue weighted by Gasteiger charge is 2.12. The van der Waals surface area contributed by atoms with E-state index in [4.69, 9.17) is 11.6 Å². The summed E-state index contributed by atoms with van der Waals surface area (Å²) in [6, 6.07) is 8.80. The third-order valence-corrected chi connectivity index (χ3v) is 3.99. The molecule has 0 N–H and O–H groups in total. The van der Waals surface area contributed by atoms with Crippen LogP contribution in [-0.2, 0) is 13.1 Å². The van der Waals surface area contributed by atoms with Crippen molar-refractivity contribution in [1.82, 2.24) is 19.1 Å². The summed E-state index contributed by atoms with van der Waals surface area (Å²) < 4.78 is 2.34. The molecular formula is C17H15ClN4O2. The third kappa shape index (κ3) is 2.88. The lowest BCUT2D eigenvalue weighted by molar-refractivity contribution is 0.603. The summed E-state index contributed by atoms with van der Waals surface area (Å²) in [7, 11) is 0. The number of para-hydroxylation sites is 1. The van der Waals surface area contributed by atoms with Gasteiger partial charge in [-0.3, -0.25) is 13.9 Å². The van der Waals surface area contributed by atoms with Gasteiger partial charge in [-0.15, -0.1) is 6.58 Å². The molecule has 0 atom stereocenters. The minimum absolute atomic E-state index is 0.0162. The molecule has 24 heavy (non-hydrogen) atoms. The molecule has 122 valence electrons. The zero-order chi connectivity index (χ0) is 17.3. The van der Waals surface area contributed by atoms with E-state index in [-0.39, 0.29) is 18.2 Å². The summed E-state index contributed by atoms with van der Waals surface area (Å²) in [5.41, 5.74) is 0.569. The van der Waals surface area contributed by atoms with Crippen LogP contribution in [0.4, 0.5) is 0 Å². The van der Waals surface area contributed by atoms with Crippen molar-refractivity contribution < 1.29 is 0 Å². The van der Waals surface area contributed by atoms with Crippen molar-refractivity contribution in [2.75, 3.05) is 0 Å². The molecule has 6 nitrogen and oxygen atoms in total. The predicted octanol–water partition coefficient (Wildman–Crippen LogP) is 2.15. The second kappa shape index (κ2) is 6.41. The molecule has 0 saturated heterocycles. The van der Waals surface area contributed by atoms with E-state index in [2.05, 4.69) is 16.5 Å². The van der Waals surface area contributed by atoms with Gasteiger partial charge in [0.2, 0.25) is 0 Å². The van der Waals surface area contributed by atoms with Gasteiger partial charge in [0.15, 0.2) is 0 Å². The summed E-state index contributed by atoms with van der Waals surface area (Å²) >= 11 is 5.96. The average Bonchev–Trinajstić information content (AvgIpc) is 2.55. The molecule has 0 aliphatic carbocycles. The van der Waals surface area contributed by atoms with Gasteiger partial charge < -0.3 is 0 Å². The van der Waals surface area contributed by atoms with Gasteiger partial charge in [0.05, 0.1) is 12.1 Å². The van der Waals surface area contributed by atoms with Crippen LogP contribution >= 0.6 is 11.6 Å². The molecule has 7 heteroatoms. The van der Waals surface area contributed by atoms with Gasteiger partial charge in [0.25, 0.3) is 5.56 Å². The van der Waals surface area contributed by atoms with Crippen LogP contribution < -0.4 is 11.2 Å². The Morgan fingerprint density at radius 3 is 2.71 bits per heavy atom. The van der Waals surface area contributed by atoms with Gasteiger partial charge in [-0.25, -0.2) is 14.8 Å². The summed E-state index contributed by atoms with van der Waals surface area (Å²) in [5, 5.41) is 1.02. The Balaban J connectivity index is 2.12. The first-order valence-corrected chi connectivity index (χ1v) is 7.72. The first-order valence-electron chi connectivity index (χ1n) is 7.34. The molecule has 0 amide bonds. The number of fused-ring (bicyclic) bond motifs is 1. The first kappa shape index (κ1) is 16.1. The van der Waals surface area contributed by atoms with E-state index in [1.807, 2.05) is 31.2 Å². The number of nitrogens with zero attached hydrogens (tertiary/aromatic N) is 4. The molecule has 3 rings (SSSR count). The Kier molecular flexibility index (Phi) is 4.31. The van der Waals surface area contributed by atoms with Crippen LogP contribution in [0, 0.1) is 6.92 Å². The highest BCUT2D eigenvalue weighted by atomic mass is 35.5. The van der Waals surface area contributed by atoms with Crippen LogP contribution in [0.1, 0.15) is 11.5 Å². The lowest BCUT2D eigenvalue weighted by atomic mass is 10.2. The number of aryl methyl sites for hydroxylation is 1. The summed E-state index contributed by atoms with van der Waals surface area (Å²) in [5.74, 6) is 0.401. The van der Waals surface area contributed by atoms with E-state index in [0.29, 0.717) is 5.82 Å². The highest BCUT2D eigenvalue weighted by molar-refractivity contribution is 6.29. The van der Waals surface area contributed by atoms with E-state index in [1.165, 1.54) is 10.6 Å². The monoisotopic (exact) mass is 342 g/mol. The van der Waals surface area contributed by atoms with Crippen LogP contribution in [0.15, 0.2) is 52.6 Å². The topological polar surface area (TPSA) is 69.8 Å². The van der Waals surface area contributed by atoms with Gasteiger partial charge in [0.1, 0.15) is 11.0 Å². The van der Waals surface area contributed by atoms with Gasteiger partial charge in [0, 0.05) is 23.7 Å². The fourth-order valence-corrected chi connectivity index (χ4v) is 2.77. The molecule has 0 bridgehead atoms. The Morgan fingerprint density at radius 1 is 1.21 bits per heavy atom. The van der Waals surface area contributed by atoms with E-state index < -0.39 is 11.2 Å². The van der Waals surface area contributed by atoms with Crippen molar-refractivity contribution in [3.8, 4) is 0 Å². The van der Waals surface area contributed by atoms with E-state index in [9.17, 15) is 9.59 Å². The fraction of sp³-hybridized carbons (Fsp3) is 0.176. The normalized spacial score (nSPS) is 10.9. The molecule has 0 spiro atoms. The number of halogens is 1. The maximum atomic E-state index is 12.5. The minimum atomic E-state index is -0.512. The SMILES string of the molecule is C=CCn1c(Cl)cc(=O)n(Cc2nc(C)c3ccccc3n2)c1=O.